The van der Waals surface area contributed by atoms with Gasteiger partial charge in [0.2, 0.25) is 0 Å². The highest BCUT2D eigenvalue weighted by molar-refractivity contribution is 6.30. The number of nitrogens with zero attached hydrogens (tertiary/aromatic N) is 2. The zero-order chi connectivity index (χ0) is 15.9. The third-order valence-electron chi connectivity index (χ3n) is 3.92. The molecule has 0 bridgehead atoms. The zero-order valence-electron chi connectivity index (χ0n) is 12.5. The van der Waals surface area contributed by atoms with Crippen molar-refractivity contribution in [2.75, 3.05) is 5.32 Å². The van der Waals surface area contributed by atoms with Crippen LogP contribution in [-0.4, -0.2) is 32.1 Å². The van der Waals surface area contributed by atoms with Gasteiger partial charge in [-0.15, -0.1) is 10.2 Å². The maximum absolute atomic E-state index is 9.99. The fourth-order valence-electron chi connectivity index (χ4n) is 2.84. The molecular formula is C16H18ClN3O2. The molecule has 1 aromatic heterocycles. The Hall–Kier alpha value is -1.85. The molecule has 116 valence electrons. The van der Waals surface area contributed by atoms with Crippen molar-refractivity contribution in [3.05, 3.63) is 34.9 Å². The van der Waals surface area contributed by atoms with Crippen LogP contribution in [0.4, 0.5) is 5.82 Å². The number of phenolic OH excluding ortho intramolecular Hbond substituents is 1. The van der Waals surface area contributed by atoms with Gasteiger partial charge in [-0.25, -0.2) is 0 Å². The molecule has 5 nitrogen and oxygen atoms in total. The van der Waals surface area contributed by atoms with E-state index in [2.05, 4.69) is 15.5 Å². The highest BCUT2D eigenvalue weighted by Crippen LogP contribution is 2.35. The molecule has 2 aromatic rings. The van der Waals surface area contributed by atoms with Crippen molar-refractivity contribution in [3.8, 4) is 17.0 Å². The maximum atomic E-state index is 9.99. The Morgan fingerprint density at radius 2 is 2.00 bits per heavy atom. The number of aliphatic hydroxyl groups is 1. The van der Waals surface area contributed by atoms with Gasteiger partial charge in [-0.1, -0.05) is 11.6 Å². The second kappa shape index (κ2) is 5.41. The van der Waals surface area contributed by atoms with Gasteiger partial charge in [0.15, 0.2) is 0 Å². The minimum atomic E-state index is -0.574. The predicted octanol–water partition coefficient (Wildman–Crippen LogP) is 3.14. The molecule has 1 aromatic carbocycles. The van der Waals surface area contributed by atoms with Crippen LogP contribution in [0.1, 0.15) is 25.3 Å². The summed E-state index contributed by atoms with van der Waals surface area (Å²) < 4.78 is 0. The van der Waals surface area contributed by atoms with E-state index in [1.54, 1.807) is 12.1 Å². The number of hydrogen-bond acceptors (Lipinski definition) is 5. The van der Waals surface area contributed by atoms with Crippen LogP contribution in [0, 0.1) is 6.92 Å². The van der Waals surface area contributed by atoms with Crippen LogP contribution in [-0.2, 0) is 0 Å². The van der Waals surface area contributed by atoms with Gasteiger partial charge < -0.3 is 15.5 Å². The molecule has 0 unspecified atom stereocenters. The van der Waals surface area contributed by atoms with E-state index >= 15 is 0 Å². The van der Waals surface area contributed by atoms with Gasteiger partial charge in [-0.2, -0.15) is 0 Å². The van der Waals surface area contributed by atoms with Gasteiger partial charge in [-0.05, 0) is 56.5 Å². The Morgan fingerprint density at radius 3 is 2.59 bits per heavy atom. The number of hydrogen-bond donors (Lipinski definition) is 3. The van der Waals surface area contributed by atoms with E-state index in [9.17, 15) is 10.2 Å². The van der Waals surface area contributed by atoms with E-state index in [4.69, 9.17) is 11.6 Å². The molecule has 0 atom stereocenters. The molecule has 0 aliphatic heterocycles. The Labute approximate surface area is 134 Å². The van der Waals surface area contributed by atoms with Gasteiger partial charge in [0.05, 0.1) is 11.3 Å². The summed E-state index contributed by atoms with van der Waals surface area (Å²) in [6.45, 7) is 3.74. The first-order valence-electron chi connectivity index (χ1n) is 7.16. The van der Waals surface area contributed by atoms with Crippen molar-refractivity contribution in [3.63, 3.8) is 0 Å². The molecule has 1 aliphatic carbocycles. The minimum absolute atomic E-state index is 0.0839. The second-order valence-electron chi connectivity index (χ2n) is 6.17. The van der Waals surface area contributed by atoms with Crippen molar-refractivity contribution >= 4 is 17.4 Å². The molecule has 22 heavy (non-hydrogen) atoms. The highest BCUT2D eigenvalue weighted by Gasteiger charge is 2.38. The normalized spacial score (nSPS) is 23.9. The first-order chi connectivity index (χ1) is 10.3. The van der Waals surface area contributed by atoms with Crippen LogP contribution in [0.3, 0.4) is 0 Å². The number of nitrogens with one attached hydrogen (secondary N) is 1. The lowest BCUT2D eigenvalue weighted by Crippen LogP contribution is -2.48. The summed E-state index contributed by atoms with van der Waals surface area (Å²) in [6.07, 6.45) is 1.40. The maximum Gasteiger partial charge on any atom is 0.149 e. The van der Waals surface area contributed by atoms with Gasteiger partial charge >= 0.3 is 0 Å². The first kappa shape index (κ1) is 15.1. The monoisotopic (exact) mass is 319 g/mol. The van der Waals surface area contributed by atoms with E-state index in [0.29, 0.717) is 34.9 Å². The van der Waals surface area contributed by atoms with Crippen molar-refractivity contribution < 1.29 is 10.2 Å². The molecule has 1 fully saturated rings. The van der Waals surface area contributed by atoms with E-state index in [1.807, 2.05) is 19.9 Å². The summed E-state index contributed by atoms with van der Waals surface area (Å²) in [7, 11) is 0. The molecule has 0 amide bonds. The summed E-state index contributed by atoms with van der Waals surface area (Å²) in [5.74, 6) is 0.760. The summed E-state index contributed by atoms with van der Waals surface area (Å²) >= 11 is 5.85. The number of halogens is 1. The summed E-state index contributed by atoms with van der Waals surface area (Å²) in [6, 6.07) is 7.04. The van der Waals surface area contributed by atoms with Crippen LogP contribution in [0.15, 0.2) is 24.3 Å². The third kappa shape index (κ3) is 3.00. The van der Waals surface area contributed by atoms with Crippen molar-refractivity contribution in [1.82, 2.24) is 10.2 Å². The molecule has 0 radical (unpaired) electrons. The molecule has 3 N–H and O–H groups in total. The van der Waals surface area contributed by atoms with Gasteiger partial charge in [-0.3, -0.25) is 0 Å². The van der Waals surface area contributed by atoms with Crippen LogP contribution in [0.2, 0.25) is 5.02 Å². The van der Waals surface area contributed by atoms with E-state index in [1.165, 1.54) is 6.07 Å². The van der Waals surface area contributed by atoms with Gasteiger partial charge in [0, 0.05) is 16.6 Å². The number of aryl methyl sites for hydroxylation is 1. The number of benzene rings is 1. The van der Waals surface area contributed by atoms with E-state index in [-0.39, 0.29) is 11.8 Å². The zero-order valence-corrected chi connectivity index (χ0v) is 13.2. The smallest absolute Gasteiger partial charge is 0.149 e. The number of rotatable bonds is 3. The molecule has 0 saturated heterocycles. The van der Waals surface area contributed by atoms with E-state index < -0.39 is 5.60 Å². The Kier molecular flexibility index (Phi) is 3.70. The van der Waals surface area contributed by atoms with Crippen molar-refractivity contribution in [2.24, 2.45) is 0 Å². The highest BCUT2D eigenvalue weighted by atomic mass is 35.5. The number of phenols is 1. The van der Waals surface area contributed by atoms with Crippen molar-refractivity contribution in [1.29, 1.82) is 0 Å². The third-order valence-corrected chi connectivity index (χ3v) is 4.16. The Morgan fingerprint density at radius 1 is 1.27 bits per heavy atom. The lowest BCUT2D eigenvalue weighted by atomic mass is 9.77. The quantitative estimate of drug-likeness (QED) is 0.810. The van der Waals surface area contributed by atoms with Crippen molar-refractivity contribution in [2.45, 2.75) is 38.3 Å². The predicted molar refractivity (Wildman–Crippen MR) is 86.1 cm³/mol. The minimum Gasteiger partial charge on any atom is -0.507 e. The molecule has 6 heteroatoms. The largest absolute Gasteiger partial charge is 0.507 e. The molecule has 0 spiro atoms. The first-order valence-corrected chi connectivity index (χ1v) is 7.54. The van der Waals surface area contributed by atoms with Crippen LogP contribution in [0.5, 0.6) is 5.75 Å². The molecular weight excluding hydrogens is 302 g/mol. The van der Waals surface area contributed by atoms with Gasteiger partial charge in [0.25, 0.3) is 0 Å². The topological polar surface area (TPSA) is 78.3 Å². The molecule has 1 aliphatic rings. The molecule has 3 rings (SSSR count). The fraction of sp³-hybridized carbons (Fsp3) is 0.375. The van der Waals surface area contributed by atoms with Crippen LogP contribution >= 0.6 is 11.6 Å². The average molecular weight is 320 g/mol. The summed E-state index contributed by atoms with van der Waals surface area (Å²) in [4.78, 5) is 0. The summed E-state index contributed by atoms with van der Waals surface area (Å²) in [5, 5.41) is 31.8. The van der Waals surface area contributed by atoms with Gasteiger partial charge in [0.1, 0.15) is 11.6 Å². The lowest BCUT2D eigenvalue weighted by Gasteiger charge is -2.41. The molecule has 1 saturated carbocycles. The van der Waals surface area contributed by atoms with E-state index in [0.717, 1.165) is 5.56 Å². The molecule has 1 heterocycles. The van der Waals surface area contributed by atoms with Crippen LogP contribution in [0.25, 0.3) is 11.3 Å². The lowest BCUT2D eigenvalue weighted by molar-refractivity contribution is -0.0235. The number of anilines is 1. The standard InChI is InChI=1S/C16H18ClN3O2/c1-9-5-14(18-11-7-16(2,22)8-11)19-20-15(9)12-4-3-10(17)6-13(12)21/h3-6,11,21-22H,7-8H2,1-2H3,(H,18,19)/t11-,16-. The Balaban J connectivity index is 1.80. The Bertz CT molecular complexity index is 711. The number of aromatic nitrogens is 2. The fourth-order valence-corrected chi connectivity index (χ4v) is 3.01. The number of aromatic hydroxyl groups is 1. The average Bonchev–Trinajstić information content (AvgIpc) is 2.38. The van der Waals surface area contributed by atoms with Crippen LogP contribution < -0.4 is 5.32 Å². The summed E-state index contributed by atoms with van der Waals surface area (Å²) in [5.41, 5.74) is 1.56. The second-order valence-corrected chi connectivity index (χ2v) is 6.61. The SMILES string of the molecule is Cc1cc(N[C@H]2C[C@](C)(O)C2)nnc1-c1ccc(Cl)cc1O.